The number of nitrogens with one attached hydrogen (secondary N) is 1. The number of amides is 3. The molecule has 4 rings (SSSR count). The zero-order chi connectivity index (χ0) is 22.7. The third-order valence-electron chi connectivity index (χ3n) is 5.91. The lowest BCUT2D eigenvalue weighted by molar-refractivity contribution is -0.122. The third kappa shape index (κ3) is 4.96. The van der Waals surface area contributed by atoms with Gasteiger partial charge in [-0.25, -0.2) is 0 Å². The van der Waals surface area contributed by atoms with Gasteiger partial charge in [-0.1, -0.05) is 0 Å². The van der Waals surface area contributed by atoms with E-state index in [4.69, 9.17) is 0 Å². The van der Waals surface area contributed by atoms with Gasteiger partial charge < -0.3 is 15.1 Å². The largest absolute Gasteiger partial charge is 0.337 e. The molecule has 168 valence electrons. The number of aryl methyl sites for hydroxylation is 1. The molecular formula is C24H27N3O3S2. The van der Waals surface area contributed by atoms with Crippen LogP contribution >= 0.6 is 23.5 Å². The summed E-state index contributed by atoms with van der Waals surface area (Å²) in [5.74, 6) is 1.36. The minimum absolute atomic E-state index is 0.0378. The van der Waals surface area contributed by atoms with Crippen LogP contribution in [-0.4, -0.2) is 60.0 Å². The zero-order valence-corrected chi connectivity index (χ0v) is 19.9. The van der Waals surface area contributed by atoms with Crippen molar-refractivity contribution in [1.82, 2.24) is 4.90 Å². The van der Waals surface area contributed by atoms with Crippen molar-refractivity contribution in [2.24, 2.45) is 5.92 Å². The van der Waals surface area contributed by atoms with E-state index in [1.807, 2.05) is 60.2 Å². The maximum Gasteiger partial charge on any atom is 0.253 e. The molecule has 2 saturated heterocycles. The Labute approximate surface area is 197 Å². The summed E-state index contributed by atoms with van der Waals surface area (Å²) in [5, 5.41) is 2.96. The van der Waals surface area contributed by atoms with E-state index in [2.05, 4.69) is 5.32 Å². The summed E-state index contributed by atoms with van der Waals surface area (Å²) in [7, 11) is 0. The van der Waals surface area contributed by atoms with E-state index in [0.717, 1.165) is 40.7 Å². The monoisotopic (exact) mass is 469 g/mol. The summed E-state index contributed by atoms with van der Waals surface area (Å²) in [6.45, 7) is 3.80. The van der Waals surface area contributed by atoms with E-state index >= 15 is 0 Å². The Morgan fingerprint density at radius 2 is 1.81 bits per heavy atom. The molecule has 0 radical (unpaired) electrons. The smallest absolute Gasteiger partial charge is 0.253 e. The van der Waals surface area contributed by atoms with Gasteiger partial charge in [-0.3, -0.25) is 14.4 Å². The van der Waals surface area contributed by atoms with Crippen molar-refractivity contribution in [3.63, 3.8) is 0 Å². The average Bonchev–Trinajstić information content (AvgIpc) is 3.22. The number of anilines is 2. The molecule has 0 aliphatic carbocycles. The average molecular weight is 470 g/mol. The Kier molecular flexibility index (Phi) is 7.10. The Bertz CT molecular complexity index is 1020. The molecule has 8 heteroatoms. The van der Waals surface area contributed by atoms with Gasteiger partial charge in [0.2, 0.25) is 11.8 Å². The standard InChI is InChI=1S/C24H27N3O3S2/c1-16-13-17(24(30)26-9-11-32-12-10-26)3-8-21(16)25-23(29)18-14-22(28)27(15-18)19-4-6-20(31-2)7-5-19/h3-8,13,18H,9-12,14-15H2,1-2H3,(H,25,29). The van der Waals surface area contributed by atoms with Gasteiger partial charge in [-0.15, -0.1) is 11.8 Å². The first-order valence-corrected chi connectivity index (χ1v) is 13.1. The molecular weight excluding hydrogens is 442 g/mol. The van der Waals surface area contributed by atoms with E-state index in [1.54, 1.807) is 28.8 Å². The molecule has 2 aromatic rings. The van der Waals surface area contributed by atoms with E-state index in [-0.39, 0.29) is 24.1 Å². The highest BCUT2D eigenvalue weighted by Gasteiger charge is 2.35. The van der Waals surface area contributed by atoms with Crippen molar-refractivity contribution < 1.29 is 14.4 Å². The second-order valence-electron chi connectivity index (χ2n) is 8.03. The predicted octanol–water partition coefficient (Wildman–Crippen LogP) is 3.90. The van der Waals surface area contributed by atoms with E-state index in [9.17, 15) is 14.4 Å². The minimum Gasteiger partial charge on any atom is -0.337 e. The highest BCUT2D eigenvalue weighted by atomic mass is 32.2. The van der Waals surface area contributed by atoms with E-state index in [1.165, 1.54) is 0 Å². The van der Waals surface area contributed by atoms with Gasteiger partial charge in [0, 0.05) is 59.4 Å². The normalized spacial score (nSPS) is 18.7. The first-order chi connectivity index (χ1) is 15.5. The second kappa shape index (κ2) is 10.0. The molecule has 1 unspecified atom stereocenters. The molecule has 32 heavy (non-hydrogen) atoms. The molecule has 6 nitrogen and oxygen atoms in total. The van der Waals surface area contributed by atoms with E-state index in [0.29, 0.717) is 17.8 Å². The molecule has 1 N–H and O–H groups in total. The van der Waals surface area contributed by atoms with Gasteiger partial charge in [0.25, 0.3) is 5.91 Å². The molecule has 0 saturated carbocycles. The zero-order valence-electron chi connectivity index (χ0n) is 18.3. The van der Waals surface area contributed by atoms with Gasteiger partial charge >= 0.3 is 0 Å². The maximum absolute atomic E-state index is 12.9. The van der Waals surface area contributed by atoms with Crippen LogP contribution in [0.5, 0.6) is 0 Å². The molecule has 0 aromatic heterocycles. The highest BCUT2D eigenvalue weighted by molar-refractivity contribution is 7.99. The SMILES string of the molecule is CSc1ccc(N2CC(C(=O)Nc3ccc(C(=O)N4CCSCC4)cc3C)CC2=O)cc1. The van der Waals surface area contributed by atoms with Crippen molar-refractivity contribution >= 4 is 52.6 Å². The number of benzene rings is 2. The van der Waals surface area contributed by atoms with Crippen LogP contribution in [0.25, 0.3) is 0 Å². The minimum atomic E-state index is -0.408. The highest BCUT2D eigenvalue weighted by Crippen LogP contribution is 2.28. The van der Waals surface area contributed by atoms with Gasteiger partial charge in [-0.05, 0) is 61.2 Å². The second-order valence-corrected chi connectivity index (χ2v) is 10.1. The molecule has 2 fully saturated rings. The Morgan fingerprint density at radius 3 is 2.47 bits per heavy atom. The van der Waals surface area contributed by atoms with Gasteiger partial charge in [0.15, 0.2) is 0 Å². The van der Waals surface area contributed by atoms with Gasteiger partial charge in [0.1, 0.15) is 0 Å². The molecule has 2 aliphatic heterocycles. The van der Waals surface area contributed by atoms with Crippen LogP contribution in [-0.2, 0) is 9.59 Å². The molecule has 2 heterocycles. The maximum atomic E-state index is 12.9. The lowest BCUT2D eigenvalue weighted by Crippen LogP contribution is -2.37. The van der Waals surface area contributed by atoms with Crippen molar-refractivity contribution in [3.05, 3.63) is 53.6 Å². The van der Waals surface area contributed by atoms with E-state index < -0.39 is 5.92 Å². The van der Waals surface area contributed by atoms with Crippen LogP contribution in [0.1, 0.15) is 22.3 Å². The molecule has 2 aliphatic rings. The van der Waals surface area contributed by atoms with Gasteiger partial charge in [-0.2, -0.15) is 11.8 Å². The Balaban J connectivity index is 1.40. The summed E-state index contributed by atoms with van der Waals surface area (Å²) < 4.78 is 0. The van der Waals surface area contributed by atoms with Crippen molar-refractivity contribution in [1.29, 1.82) is 0 Å². The fraction of sp³-hybridized carbons (Fsp3) is 0.375. The Morgan fingerprint density at radius 1 is 1.09 bits per heavy atom. The quantitative estimate of drug-likeness (QED) is 0.673. The van der Waals surface area contributed by atoms with Crippen molar-refractivity contribution in [3.8, 4) is 0 Å². The summed E-state index contributed by atoms with van der Waals surface area (Å²) in [6, 6.07) is 13.2. The number of hydrogen-bond acceptors (Lipinski definition) is 5. The lowest BCUT2D eigenvalue weighted by Gasteiger charge is -2.26. The topological polar surface area (TPSA) is 69.7 Å². The van der Waals surface area contributed by atoms with Crippen LogP contribution in [0, 0.1) is 12.8 Å². The molecule has 0 bridgehead atoms. The molecule has 3 amide bonds. The summed E-state index contributed by atoms with van der Waals surface area (Å²) in [4.78, 5) is 42.8. The summed E-state index contributed by atoms with van der Waals surface area (Å²) in [5.41, 5.74) is 2.97. The predicted molar refractivity (Wildman–Crippen MR) is 132 cm³/mol. The first-order valence-electron chi connectivity index (χ1n) is 10.7. The number of hydrogen-bond donors (Lipinski definition) is 1. The fourth-order valence-corrected chi connectivity index (χ4v) is 5.33. The molecule has 2 aromatic carbocycles. The van der Waals surface area contributed by atoms with Crippen LogP contribution < -0.4 is 10.2 Å². The lowest BCUT2D eigenvalue weighted by atomic mass is 10.1. The third-order valence-corrected chi connectivity index (χ3v) is 7.60. The fourth-order valence-electron chi connectivity index (χ4n) is 4.02. The number of nitrogens with zero attached hydrogens (tertiary/aromatic N) is 2. The first kappa shape index (κ1) is 22.7. The summed E-state index contributed by atoms with van der Waals surface area (Å²) in [6.07, 6.45) is 2.20. The molecule has 1 atom stereocenters. The van der Waals surface area contributed by atoms with Crippen molar-refractivity contribution in [2.45, 2.75) is 18.2 Å². The summed E-state index contributed by atoms with van der Waals surface area (Å²) >= 11 is 3.51. The molecule has 0 spiro atoms. The van der Waals surface area contributed by atoms with Crippen molar-refractivity contribution in [2.75, 3.05) is 47.6 Å². The number of carbonyl (C=O) groups excluding carboxylic acids is 3. The van der Waals surface area contributed by atoms with Crippen LogP contribution in [0.2, 0.25) is 0 Å². The number of thioether (sulfide) groups is 2. The Hall–Kier alpha value is -2.45. The van der Waals surface area contributed by atoms with Crippen LogP contribution in [0.4, 0.5) is 11.4 Å². The number of rotatable bonds is 5. The van der Waals surface area contributed by atoms with Crippen LogP contribution in [0.15, 0.2) is 47.4 Å². The van der Waals surface area contributed by atoms with Gasteiger partial charge in [0.05, 0.1) is 5.92 Å². The van der Waals surface area contributed by atoms with Crippen LogP contribution in [0.3, 0.4) is 0 Å². The number of carbonyl (C=O) groups is 3.